The second-order valence-electron chi connectivity index (χ2n) is 2.50. The van der Waals surface area contributed by atoms with Crippen LogP contribution in [0.15, 0.2) is 41.9 Å². The lowest BCUT2D eigenvalue weighted by molar-refractivity contribution is 0.411. The van der Waals surface area contributed by atoms with Crippen molar-refractivity contribution in [3.8, 4) is 0 Å². The van der Waals surface area contributed by atoms with E-state index in [1.54, 1.807) is 11.3 Å². The van der Waals surface area contributed by atoms with E-state index in [1.807, 2.05) is 7.05 Å². The largest absolute Gasteiger partial charge is 0.340 e. The molecule has 0 aromatic rings. The van der Waals surface area contributed by atoms with E-state index in [9.17, 15) is 0 Å². The molecule has 4 nitrogen and oxygen atoms in total. The van der Waals surface area contributed by atoms with Crippen LogP contribution >= 0.6 is 0 Å². The summed E-state index contributed by atoms with van der Waals surface area (Å²) in [6.45, 7) is 11.2. The average Bonchev–Trinajstić information content (AvgIpc) is 1.98. The molecule has 0 saturated heterocycles. The molecule has 0 unspecified atom stereocenters. The van der Waals surface area contributed by atoms with Crippen LogP contribution in [-0.4, -0.2) is 18.4 Å². The normalized spacial score (nSPS) is 18.1. The molecule has 2 N–H and O–H groups in total. The van der Waals surface area contributed by atoms with Gasteiger partial charge in [-0.15, -0.1) is 0 Å². The first-order valence-electron chi connectivity index (χ1n) is 3.47. The monoisotopic (exact) mass is 164 g/mol. The maximum absolute atomic E-state index is 4.02. The van der Waals surface area contributed by atoms with Crippen LogP contribution in [0.3, 0.4) is 0 Å². The van der Waals surface area contributed by atoms with E-state index in [4.69, 9.17) is 0 Å². The van der Waals surface area contributed by atoms with Crippen LogP contribution in [0, 0.1) is 0 Å². The van der Waals surface area contributed by atoms with Crippen molar-refractivity contribution in [2.24, 2.45) is 4.99 Å². The van der Waals surface area contributed by atoms with Crippen molar-refractivity contribution in [3.05, 3.63) is 37.0 Å². The molecule has 64 valence electrons. The molecule has 0 radical (unpaired) electrons. The van der Waals surface area contributed by atoms with E-state index in [0.29, 0.717) is 17.2 Å². The van der Waals surface area contributed by atoms with Crippen molar-refractivity contribution in [1.82, 2.24) is 15.8 Å². The van der Waals surface area contributed by atoms with Crippen LogP contribution in [0.25, 0.3) is 0 Å². The van der Waals surface area contributed by atoms with Gasteiger partial charge in [0.25, 0.3) is 0 Å². The molecule has 0 spiro atoms. The first kappa shape index (κ1) is 8.39. The lowest BCUT2D eigenvalue weighted by Gasteiger charge is -2.22. The maximum Gasteiger partial charge on any atom is 0.115 e. The second kappa shape index (κ2) is 3.13. The molecule has 1 rings (SSSR count). The summed E-state index contributed by atoms with van der Waals surface area (Å²) in [6, 6.07) is 0. The molecule has 1 aliphatic rings. The van der Waals surface area contributed by atoms with Gasteiger partial charge in [-0.05, 0) is 0 Å². The fourth-order valence-electron chi connectivity index (χ4n) is 0.758. The van der Waals surface area contributed by atoms with E-state index in [1.165, 1.54) is 0 Å². The molecule has 0 aromatic heterocycles. The summed E-state index contributed by atoms with van der Waals surface area (Å²) in [7, 11) is 1.82. The summed E-state index contributed by atoms with van der Waals surface area (Å²) >= 11 is 0. The molecule has 0 bridgehead atoms. The zero-order valence-electron chi connectivity index (χ0n) is 7.09. The Hall–Kier alpha value is -1.71. The topological polar surface area (TPSA) is 39.7 Å². The highest BCUT2D eigenvalue weighted by Crippen LogP contribution is 2.05. The Bertz CT molecular complexity index is 264. The number of nitrogens with one attached hydrogen (secondary N) is 2. The van der Waals surface area contributed by atoms with Gasteiger partial charge < -0.3 is 5.32 Å². The van der Waals surface area contributed by atoms with Crippen molar-refractivity contribution in [1.29, 1.82) is 0 Å². The highest BCUT2D eigenvalue weighted by molar-refractivity contribution is 5.57. The molecule has 0 fully saturated rings. The standard InChI is InChI=1S/C8H12N4/c1-6-7(2)10-8(3)11-12(4)5-9-6/h5,10-11H,1-3H2,4H3. The number of hydrogen-bond acceptors (Lipinski definition) is 4. The van der Waals surface area contributed by atoms with Crippen LogP contribution in [0.2, 0.25) is 0 Å². The van der Waals surface area contributed by atoms with Gasteiger partial charge in [0.1, 0.15) is 12.2 Å². The molecule has 0 aromatic carbocycles. The minimum atomic E-state index is 0.601. The van der Waals surface area contributed by atoms with Crippen molar-refractivity contribution in [3.63, 3.8) is 0 Å². The van der Waals surface area contributed by atoms with Gasteiger partial charge in [0.15, 0.2) is 0 Å². The lowest BCUT2D eigenvalue weighted by atomic mass is 10.4. The quantitative estimate of drug-likeness (QED) is 0.549. The summed E-state index contributed by atoms with van der Waals surface area (Å²) in [5.74, 6) is 0.648. The van der Waals surface area contributed by atoms with Gasteiger partial charge in [0, 0.05) is 7.05 Å². The van der Waals surface area contributed by atoms with E-state index in [0.717, 1.165) is 0 Å². The minimum absolute atomic E-state index is 0.601. The van der Waals surface area contributed by atoms with Crippen molar-refractivity contribution in [2.45, 2.75) is 0 Å². The Morgan fingerprint density at radius 2 is 2.08 bits per heavy atom. The minimum Gasteiger partial charge on any atom is -0.340 e. The first-order valence-corrected chi connectivity index (χ1v) is 3.47. The average molecular weight is 164 g/mol. The van der Waals surface area contributed by atoms with E-state index < -0.39 is 0 Å². The highest BCUT2D eigenvalue weighted by Gasteiger charge is 2.04. The lowest BCUT2D eigenvalue weighted by Crippen LogP contribution is -2.38. The van der Waals surface area contributed by atoms with Gasteiger partial charge in [-0.25, -0.2) is 4.99 Å². The first-order chi connectivity index (χ1) is 5.59. The van der Waals surface area contributed by atoms with Gasteiger partial charge in [0.05, 0.1) is 11.4 Å². The van der Waals surface area contributed by atoms with Crippen molar-refractivity contribution < 1.29 is 0 Å². The molecule has 1 aliphatic heterocycles. The fourth-order valence-corrected chi connectivity index (χ4v) is 0.758. The predicted molar refractivity (Wildman–Crippen MR) is 49.9 cm³/mol. The Balaban J connectivity index is 2.83. The number of aliphatic imine (C=N–C) groups is 1. The Labute approximate surface area is 71.9 Å². The fraction of sp³-hybridized carbons (Fsp3) is 0.125. The molecule has 4 heteroatoms. The number of rotatable bonds is 0. The number of hydrazine groups is 1. The van der Waals surface area contributed by atoms with Gasteiger partial charge in [-0.2, -0.15) is 0 Å². The summed E-state index contributed by atoms with van der Waals surface area (Å²) in [4.78, 5) is 4.02. The maximum atomic E-state index is 4.02. The third kappa shape index (κ3) is 1.88. The zero-order valence-corrected chi connectivity index (χ0v) is 7.09. The molecular weight excluding hydrogens is 152 g/mol. The van der Waals surface area contributed by atoms with Crippen molar-refractivity contribution >= 4 is 6.34 Å². The summed E-state index contributed by atoms with van der Waals surface area (Å²) in [5, 5.41) is 4.58. The molecule has 12 heavy (non-hydrogen) atoms. The van der Waals surface area contributed by atoms with Crippen LogP contribution in [0.1, 0.15) is 0 Å². The van der Waals surface area contributed by atoms with Gasteiger partial charge in [-0.3, -0.25) is 10.4 Å². The van der Waals surface area contributed by atoms with Gasteiger partial charge >= 0.3 is 0 Å². The van der Waals surface area contributed by atoms with Crippen molar-refractivity contribution in [2.75, 3.05) is 7.05 Å². The molecule has 1 heterocycles. The summed E-state index contributed by atoms with van der Waals surface area (Å²) in [6.07, 6.45) is 1.61. The third-order valence-electron chi connectivity index (χ3n) is 1.35. The Kier molecular flexibility index (Phi) is 2.19. The third-order valence-corrected chi connectivity index (χ3v) is 1.35. The van der Waals surface area contributed by atoms with Crippen LogP contribution in [-0.2, 0) is 0 Å². The van der Waals surface area contributed by atoms with E-state index in [-0.39, 0.29) is 0 Å². The van der Waals surface area contributed by atoms with Gasteiger partial charge in [-0.1, -0.05) is 19.7 Å². The van der Waals surface area contributed by atoms with Gasteiger partial charge in [0.2, 0.25) is 0 Å². The molecule has 0 saturated carbocycles. The van der Waals surface area contributed by atoms with E-state index in [2.05, 4.69) is 35.5 Å². The Morgan fingerprint density at radius 1 is 1.42 bits per heavy atom. The summed E-state index contributed by atoms with van der Waals surface area (Å²) in [5.41, 5.74) is 4.16. The number of nitrogens with zero attached hydrogens (tertiary/aromatic N) is 2. The second-order valence-corrected chi connectivity index (χ2v) is 2.50. The summed E-state index contributed by atoms with van der Waals surface area (Å²) < 4.78 is 0. The Morgan fingerprint density at radius 3 is 2.75 bits per heavy atom. The molecule has 0 atom stereocenters. The molecule has 0 aliphatic carbocycles. The molecule has 0 amide bonds. The van der Waals surface area contributed by atoms with Crippen LogP contribution in [0.5, 0.6) is 0 Å². The number of hydrogen-bond donors (Lipinski definition) is 2. The van der Waals surface area contributed by atoms with E-state index >= 15 is 0 Å². The highest BCUT2D eigenvalue weighted by atomic mass is 15.5. The SMILES string of the molecule is C=C1NC(=C)C(=C)N=CN(C)N1. The zero-order chi connectivity index (χ0) is 9.14. The van der Waals surface area contributed by atoms with Crippen LogP contribution in [0.4, 0.5) is 0 Å². The van der Waals surface area contributed by atoms with Crippen LogP contribution < -0.4 is 10.7 Å². The predicted octanol–water partition coefficient (Wildman–Crippen LogP) is 0.553. The smallest absolute Gasteiger partial charge is 0.115 e. The molecular formula is C8H12N4.